The molecule has 0 aliphatic heterocycles. The lowest BCUT2D eigenvalue weighted by molar-refractivity contribution is -0.115. The van der Waals surface area contributed by atoms with Crippen LogP contribution in [-0.4, -0.2) is 32.1 Å². The number of ether oxygens (including phenoxy) is 1. The number of aliphatic imine (C=N–C) groups is 1. The first kappa shape index (κ1) is 22.7. The molecule has 1 amide bonds. The maximum atomic E-state index is 13.1. The highest BCUT2D eigenvalue weighted by Gasteiger charge is 2.05. The molecule has 0 atom stereocenters. The summed E-state index contributed by atoms with van der Waals surface area (Å²) in [5.74, 6) is 0.630. The van der Waals surface area contributed by atoms with Crippen molar-refractivity contribution in [3.05, 3.63) is 59.9 Å². The van der Waals surface area contributed by atoms with Gasteiger partial charge in [-0.15, -0.1) is 24.0 Å². The van der Waals surface area contributed by atoms with Gasteiger partial charge in [-0.2, -0.15) is 0 Å². The number of anilines is 1. The van der Waals surface area contributed by atoms with Crippen LogP contribution in [0.4, 0.5) is 10.1 Å². The van der Waals surface area contributed by atoms with Gasteiger partial charge in [-0.3, -0.25) is 4.79 Å². The standard InChI is InChI=1S/C19H23FN4O2.HI/c1-3-21-19(22-12-14-7-9-17(26-2)10-8-14)23-13-18(25)24-16-6-4-5-15(20)11-16;/h4-11H,3,12-13H2,1-2H3,(H,24,25)(H2,21,22,23);1H. The Morgan fingerprint density at radius 1 is 1.15 bits per heavy atom. The van der Waals surface area contributed by atoms with Gasteiger partial charge < -0.3 is 20.7 Å². The maximum Gasteiger partial charge on any atom is 0.243 e. The molecule has 0 unspecified atom stereocenters. The number of methoxy groups -OCH3 is 1. The average molecular weight is 486 g/mol. The van der Waals surface area contributed by atoms with Crippen LogP contribution >= 0.6 is 24.0 Å². The highest BCUT2D eigenvalue weighted by atomic mass is 127. The highest BCUT2D eigenvalue weighted by Crippen LogP contribution is 2.12. The van der Waals surface area contributed by atoms with Crippen molar-refractivity contribution in [2.24, 2.45) is 4.99 Å². The minimum atomic E-state index is -0.398. The second-order valence-corrected chi connectivity index (χ2v) is 5.46. The molecule has 0 aliphatic carbocycles. The Balaban J connectivity index is 0.00000364. The quantitative estimate of drug-likeness (QED) is 0.320. The fraction of sp³-hybridized carbons (Fsp3) is 0.263. The Morgan fingerprint density at radius 3 is 2.52 bits per heavy atom. The molecule has 2 aromatic rings. The van der Waals surface area contributed by atoms with Crippen molar-refractivity contribution in [2.75, 3.05) is 25.5 Å². The topological polar surface area (TPSA) is 74.8 Å². The van der Waals surface area contributed by atoms with Crippen LogP contribution in [0.1, 0.15) is 12.5 Å². The van der Waals surface area contributed by atoms with Gasteiger partial charge in [0.05, 0.1) is 20.2 Å². The predicted octanol–water partition coefficient (Wildman–Crippen LogP) is 3.15. The molecule has 0 bridgehead atoms. The summed E-state index contributed by atoms with van der Waals surface area (Å²) < 4.78 is 18.3. The normalized spacial score (nSPS) is 10.6. The molecular weight excluding hydrogens is 462 g/mol. The highest BCUT2D eigenvalue weighted by molar-refractivity contribution is 14.0. The van der Waals surface area contributed by atoms with E-state index in [2.05, 4.69) is 20.9 Å². The lowest BCUT2D eigenvalue weighted by Gasteiger charge is -2.11. The van der Waals surface area contributed by atoms with Gasteiger partial charge in [-0.25, -0.2) is 9.38 Å². The second kappa shape index (κ2) is 12.1. The summed E-state index contributed by atoms with van der Waals surface area (Å²) in [6, 6.07) is 13.4. The molecule has 0 aliphatic rings. The Kier molecular flexibility index (Phi) is 10.2. The Bertz CT molecular complexity index is 754. The number of rotatable bonds is 7. The molecule has 0 aromatic heterocycles. The predicted molar refractivity (Wildman–Crippen MR) is 116 cm³/mol. The molecule has 0 radical (unpaired) electrons. The number of carbonyl (C=O) groups excluding carboxylic acids is 1. The number of guanidine groups is 1. The van der Waals surface area contributed by atoms with Gasteiger partial charge in [-0.1, -0.05) is 18.2 Å². The number of nitrogens with one attached hydrogen (secondary N) is 3. The number of hydrogen-bond donors (Lipinski definition) is 3. The van der Waals surface area contributed by atoms with Crippen LogP contribution in [0.25, 0.3) is 0 Å². The van der Waals surface area contributed by atoms with E-state index in [1.807, 2.05) is 31.2 Å². The molecule has 0 saturated carbocycles. The van der Waals surface area contributed by atoms with Crippen LogP contribution < -0.4 is 20.7 Å². The second-order valence-electron chi connectivity index (χ2n) is 5.46. The molecule has 0 spiro atoms. The van der Waals surface area contributed by atoms with Gasteiger partial charge in [0, 0.05) is 12.2 Å². The van der Waals surface area contributed by atoms with Gasteiger partial charge in [0.25, 0.3) is 0 Å². The SMILES string of the molecule is CCNC(=NCc1ccc(OC)cc1)NCC(=O)Nc1cccc(F)c1.I. The summed E-state index contributed by atoms with van der Waals surface area (Å²) >= 11 is 0. The molecule has 0 fully saturated rings. The number of hydrogen-bond acceptors (Lipinski definition) is 3. The van der Waals surface area contributed by atoms with Gasteiger partial charge in [-0.05, 0) is 42.8 Å². The first-order valence-electron chi connectivity index (χ1n) is 8.31. The van der Waals surface area contributed by atoms with E-state index in [4.69, 9.17) is 4.74 Å². The molecule has 2 rings (SSSR count). The third-order valence-corrected chi connectivity index (χ3v) is 3.45. The van der Waals surface area contributed by atoms with Crippen LogP contribution in [0.3, 0.4) is 0 Å². The molecule has 0 saturated heterocycles. The van der Waals surface area contributed by atoms with Crippen molar-refractivity contribution in [3.63, 3.8) is 0 Å². The Labute approximate surface area is 175 Å². The zero-order valence-electron chi connectivity index (χ0n) is 15.3. The fourth-order valence-electron chi connectivity index (χ4n) is 2.18. The summed E-state index contributed by atoms with van der Waals surface area (Å²) in [6.45, 7) is 3.09. The Hall–Kier alpha value is -2.36. The lowest BCUT2D eigenvalue weighted by Crippen LogP contribution is -2.41. The summed E-state index contributed by atoms with van der Waals surface area (Å²) in [5, 5.41) is 8.66. The summed E-state index contributed by atoms with van der Waals surface area (Å²) in [7, 11) is 1.62. The zero-order chi connectivity index (χ0) is 18.8. The monoisotopic (exact) mass is 486 g/mol. The zero-order valence-corrected chi connectivity index (χ0v) is 17.6. The van der Waals surface area contributed by atoms with Crippen molar-refractivity contribution in [1.82, 2.24) is 10.6 Å². The van der Waals surface area contributed by atoms with Crippen LogP contribution in [0, 0.1) is 5.82 Å². The molecule has 27 heavy (non-hydrogen) atoms. The van der Waals surface area contributed by atoms with Gasteiger partial charge in [0.2, 0.25) is 5.91 Å². The van der Waals surface area contributed by atoms with Crippen LogP contribution in [0.15, 0.2) is 53.5 Å². The molecule has 6 nitrogen and oxygen atoms in total. The smallest absolute Gasteiger partial charge is 0.243 e. The van der Waals surface area contributed by atoms with E-state index in [0.717, 1.165) is 11.3 Å². The third kappa shape index (κ3) is 8.25. The number of amides is 1. The minimum absolute atomic E-state index is 0. The van der Waals surface area contributed by atoms with Crippen molar-refractivity contribution < 1.29 is 13.9 Å². The average Bonchev–Trinajstić information content (AvgIpc) is 2.64. The van der Waals surface area contributed by atoms with Crippen LogP contribution in [0.5, 0.6) is 5.75 Å². The number of benzene rings is 2. The molecule has 2 aromatic carbocycles. The summed E-state index contributed by atoms with van der Waals surface area (Å²) in [4.78, 5) is 16.4. The lowest BCUT2D eigenvalue weighted by atomic mass is 10.2. The molecule has 146 valence electrons. The largest absolute Gasteiger partial charge is 0.497 e. The number of halogens is 2. The summed E-state index contributed by atoms with van der Waals surface area (Å²) in [6.07, 6.45) is 0. The minimum Gasteiger partial charge on any atom is -0.497 e. The third-order valence-electron chi connectivity index (χ3n) is 3.45. The van der Waals surface area contributed by atoms with E-state index in [0.29, 0.717) is 24.7 Å². The van der Waals surface area contributed by atoms with Crippen LogP contribution in [-0.2, 0) is 11.3 Å². The first-order chi connectivity index (χ1) is 12.6. The van der Waals surface area contributed by atoms with Crippen molar-refractivity contribution >= 4 is 41.5 Å². The molecular formula is C19H24FIN4O2. The van der Waals surface area contributed by atoms with Gasteiger partial charge >= 0.3 is 0 Å². The van der Waals surface area contributed by atoms with E-state index >= 15 is 0 Å². The Morgan fingerprint density at radius 2 is 1.89 bits per heavy atom. The van der Waals surface area contributed by atoms with Crippen LogP contribution in [0.2, 0.25) is 0 Å². The number of nitrogens with zero attached hydrogens (tertiary/aromatic N) is 1. The van der Waals surface area contributed by atoms with E-state index in [9.17, 15) is 9.18 Å². The molecule has 3 N–H and O–H groups in total. The maximum absolute atomic E-state index is 13.1. The van der Waals surface area contributed by atoms with Gasteiger partial charge in [0.15, 0.2) is 5.96 Å². The summed E-state index contributed by atoms with van der Waals surface area (Å²) in [5.41, 5.74) is 1.43. The van der Waals surface area contributed by atoms with E-state index in [1.54, 1.807) is 19.2 Å². The van der Waals surface area contributed by atoms with Crippen molar-refractivity contribution in [3.8, 4) is 5.75 Å². The van der Waals surface area contributed by atoms with Gasteiger partial charge in [0.1, 0.15) is 11.6 Å². The molecule has 0 heterocycles. The van der Waals surface area contributed by atoms with E-state index in [1.165, 1.54) is 12.1 Å². The molecule has 8 heteroatoms. The van der Waals surface area contributed by atoms with E-state index in [-0.39, 0.29) is 36.4 Å². The van der Waals surface area contributed by atoms with E-state index < -0.39 is 5.82 Å². The van der Waals surface area contributed by atoms with Crippen molar-refractivity contribution in [1.29, 1.82) is 0 Å². The number of carbonyl (C=O) groups is 1. The van der Waals surface area contributed by atoms with Crippen molar-refractivity contribution in [2.45, 2.75) is 13.5 Å². The fourth-order valence-corrected chi connectivity index (χ4v) is 2.18. The first-order valence-corrected chi connectivity index (χ1v) is 8.31.